The molecule has 0 N–H and O–H groups in total. The van der Waals surface area contributed by atoms with Crippen molar-refractivity contribution in [2.75, 3.05) is 0 Å². The average Bonchev–Trinajstić information content (AvgIpc) is 2.32. The molecule has 0 atom stereocenters. The van der Waals surface area contributed by atoms with Gasteiger partial charge >= 0.3 is 0 Å². The van der Waals surface area contributed by atoms with Crippen LogP contribution in [0.4, 0.5) is 8.78 Å². The fourth-order valence-electron chi connectivity index (χ4n) is 1.89. The van der Waals surface area contributed by atoms with Crippen molar-refractivity contribution in [2.24, 2.45) is 0 Å². The van der Waals surface area contributed by atoms with Gasteiger partial charge in [0.15, 0.2) is 11.6 Å². The number of fused-ring (bicyclic) bond motifs is 1. The molecule has 1 aliphatic carbocycles. The van der Waals surface area contributed by atoms with Crippen LogP contribution >= 0.6 is 0 Å². The summed E-state index contributed by atoms with van der Waals surface area (Å²) in [6, 6.07) is 5.85. The topological polar surface area (TPSA) is 34.1 Å². The Morgan fingerprint density at radius 1 is 0.833 bits per heavy atom. The number of halogens is 2. The molecule has 1 aromatic rings. The lowest BCUT2D eigenvalue weighted by atomic mass is 9.83. The Morgan fingerprint density at radius 3 is 1.44 bits per heavy atom. The Labute approximate surface area is 102 Å². The van der Waals surface area contributed by atoms with E-state index in [4.69, 9.17) is 0 Å². The van der Waals surface area contributed by atoms with Crippen molar-refractivity contribution in [3.8, 4) is 0 Å². The van der Waals surface area contributed by atoms with Gasteiger partial charge in [0.25, 0.3) is 0 Å². The number of allylic oxidation sites excluding steroid dienone is 4. The van der Waals surface area contributed by atoms with E-state index in [0.717, 1.165) is 0 Å². The van der Waals surface area contributed by atoms with Crippen LogP contribution in [-0.4, -0.2) is 11.6 Å². The maximum absolute atomic E-state index is 13.3. The molecule has 0 spiro atoms. The van der Waals surface area contributed by atoms with Gasteiger partial charge in [-0.05, 0) is 0 Å². The predicted molar refractivity (Wildman–Crippen MR) is 62.6 cm³/mol. The van der Waals surface area contributed by atoms with Crippen LogP contribution in [0.2, 0.25) is 0 Å². The number of carbonyl (C=O) groups excluding carboxylic acids is 2. The van der Waals surface area contributed by atoms with Crippen molar-refractivity contribution >= 4 is 11.6 Å². The SMILES string of the molecule is C=C(F)C1=C(C(=C)F)C(=O)c2ccccc2C1=O. The maximum atomic E-state index is 13.3. The summed E-state index contributed by atoms with van der Waals surface area (Å²) in [4.78, 5) is 24.0. The van der Waals surface area contributed by atoms with Crippen molar-refractivity contribution in [2.45, 2.75) is 0 Å². The molecule has 1 aliphatic rings. The van der Waals surface area contributed by atoms with E-state index in [0.29, 0.717) is 0 Å². The number of carbonyl (C=O) groups is 2. The number of hydrogen-bond donors (Lipinski definition) is 0. The Morgan fingerprint density at radius 2 is 1.17 bits per heavy atom. The first-order valence-corrected chi connectivity index (χ1v) is 5.07. The highest BCUT2D eigenvalue weighted by atomic mass is 19.1. The fraction of sp³-hybridized carbons (Fsp3) is 0. The standard InChI is InChI=1S/C14H8F2O2/c1-7(15)11-12(8(2)16)14(18)10-6-4-3-5-9(10)13(11)17/h3-6H,1-2H2. The zero-order valence-electron chi connectivity index (χ0n) is 9.30. The third kappa shape index (κ3) is 1.62. The minimum absolute atomic E-state index is 0.0429. The van der Waals surface area contributed by atoms with E-state index >= 15 is 0 Å². The lowest BCUT2D eigenvalue weighted by molar-refractivity contribution is 0.0973. The molecule has 2 nitrogen and oxygen atoms in total. The summed E-state index contributed by atoms with van der Waals surface area (Å²) in [6.45, 7) is 5.93. The molecule has 0 saturated heterocycles. The van der Waals surface area contributed by atoms with E-state index in [2.05, 4.69) is 13.2 Å². The lowest BCUT2D eigenvalue weighted by Crippen LogP contribution is -2.22. The van der Waals surface area contributed by atoms with Crippen molar-refractivity contribution < 1.29 is 18.4 Å². The highest BCUT2D eigenvalue weighted by molar-refractivity contribution is 6.29. The van der Waals surface area contributed by atoms with Crippen molar-refractivity contribution in [3.63, 3.8) is 0 Å². The van der Waals surface area contributed by atoms with Gasteiger partial charge in [0.05, 0.1) is 11.1 Å². The van der Waals surface area contributed by atoms with Crippen molar-refractivity contribution in [1.29, 1.82) is 0 Å². The van der Waals surface area contributed by atoms with Gasteiger partial charge < -0.3 is 0 Å². The van der Waals surface area contributed by atoms with Crippen LogP contribution in [0.25, 0.3) is 0 Å². The molecule has 18 heavy (non-hydrogen) atoms. The molecule has 2 rings (SSSR count). The second kappa shape index (κ2) is 4.14. The van der Waals surface area contributed by atoms with Gasteiger partial charge in [-0.25, -0.2) is 8.78 Å². The molecule has 0 unspecified atom stereocenters. The van der Waals surface area contributed by atoms with Crippen LogP contribution in [-0.2, 0) is 0 Å². The lowest BCUT2D eigenvalue weighted by Gasteiger charge is -2.18. The second-order valence-electron chi connectivity index (χ2n) is 3.76. The Kier molecular flexibility index (Phi) is 2.79. The van der Waals surface area contributed by atoms with Gasteiger partial charge in [-0.3, -0.25) is 9.59 Å². The van der Waals surface area contributed by atoms with Crippen molar-refractivity contribution in [3.05, 3.63) is 71.4 Å². The first kappa shape index (κ1) is 12.1. The molecule has 0 aromatic heterocycles. The largest absolute Gasteiger partial charge is 0.288 e. The summed E-state index contributed by atoms with van der Waals surface area (Å²) < 4.78 is 26.6. The van der Waals surface area contributed by atoms with Gasteiger partial charge in [-0.1, -0.05) is 37.4 Å². The molecule has 90 valence electrons. The molecule has 0 amide bonds. The molecule has 1 aromatic carbocycles. The minimum Gasteiger partial charge on any atom is -0.288 e. The molecule has 0 radical (unpaired) electrons. The Bertz CT molecular complexity index is 584. The third-order valence-corrected chi connectivity index (χ3v) is 2.66. The summed E-state index contributed by atoms with van der Waals surface area (Å²) in [5.74, 6) is -3.80. The molecular weight excluding hydrogens is 238 g/mol. The summed E-state index contributed by atoms with van der Waals surface area (Å²) in [6.07, 6.45) is 0. The maximum Gasteiger partial charge on any atom is 0.197 e. The van der Waals surface area contributed by atoms with E-state index < -0.39 is 34.4 Å². The average molecular weight is 246 g/mol. The van der Waals surface area contributed by atoms with Crippen LogP contribution in [0.3, 0.4) is 0 Å². The fourth-order valence-corrected chi connectivity index (χ4v) is 1.89. The first-order valence-electron chi connectivity index (χ1n) is 5.07. The number of rotatable bonds is 2. The zero-order chi connectivity index (χ0) is 13.4. The quantitative estimate of drug-likeness (QED) is 0.802. The van der Waals surface area contributed by atoms with Crippen molar-refractivity contribution in [1.82, 2.24) is 0 Å². The van der Waals surface area contributed by atoms with Crippen LogP contribution in [0.5, 0.6) is 0 Å². The third-order valence-electron chi connectivity index (χ3n) is 2.66. The van der Waals surface area contributed by atoms with Gasteiger partial charge in [0.1, 0.15) is 11.7 Å². The van der Waals surface area contributed by atoms with Crippen LogP contribution in [0.1, 0.15) is 20.7 Å². The first-order chi connectivity index (χ1) is 8.45. The van der Waals surface area contributed by atoms with E-state index in [1.165, 1.54) is 24.3 Å². The minimum atomic E-state index is -1.14. The predicted octanol–water partition coefficient (Wildman–Crippen LogP) is 3.33. The molecule has 0 heterocycles. The van der Waals surface area contributed by atoms with Crippen LogP contribution < -0.4 is 0 Å². The molecule has 0 bridgehead atoms. The molecular formula is C14H8F2O2. The van der Waals surface area contributed by atoms with E-state index in [1.54, 1.807) is 0 Å². The van der Waals surface area contributed by atoms with E-state index in [9.17, 15) is 18.4 Å². The summed E-state index contributed by atoms with van der Waals surface area (Å²) in [5, 5.41) is 0. The van der Waals surface area contributed by atoms with E-state index in [-0.39, 0.29) is 11.1 Å². The van der Waals surface area contributed by atoms with E-state index in [1.807, 2.05) is 0 Å². The Hall–Kier alpha value is -2.36. The summed E-state index contributed by atoms with van der Waals surface area (Å²) >= 11 is 0. The number of benzene rings is 1. The number of hydrogen-bond acceptors (Lipinski definition) is 2. The molecule has 0 saturated carbocycles. The van der Waals surface area contributed by atoms with Gasteiger partial charge in [0.2, 0.25) is 0 Å². The Balaban J connectivity index is 2.80. The molecule has 0 fully saturated rings. The molecule has 4 heteroatoms. The smallest absolute Gasteiger partial charge is 0.197 e. The number of Topliss-reactive ketones (excluding diaryl/α,β-unsaturated/α-hetero) is 2. The van der Waals surface area contributed by atoms with Crippen LogP contribution in [0, 0.1) is 0 Å². The second-order valence-corrected chi connectivity index (χ2v) is 3.76. The van der Waals surface area contributed by atoms with Crippen LogP contribution in [0.15, 0.2) is 60.2 Å². The monoisotopic (exact) mass is 246 g/mol. The summed E-state index contributed by atoms with van der Waals surface area (Å²) in [7, 11) is 0. The summed E-state index contributed by atoms with van der Waals surface area (Å²) in [5.41, 5.74) is -1.21. The van der Waals surface area contributed by atoms with Gasteiger partial charge in [0, 0.05) is 11.1 Å². The highest BCUT2D eigenvalue weighted by Crippen LogP contribution is 2.33. The zero-order valence-corrected chi connectivity index (χ0v) is 9.30. The van der Waals surface area contributed by atoms with Gasteiger partial charge in [-0.15, -0.1) is 0 Å². The van der Waals surface area contributed by atoms with Gasteiger partial charge in [-0.2, -0.15) is 0 Å². The normalized spacial score (nSPS) is 14.6. The highest BCUT2D eigenvalue weighted by Gasteiger charge is 2.34. The molecule has 0 aliphatic heterocycles. The number of ketones is 2.